The molecule has 0 saturated heterocycles. The quantitative estimate of drug-likeness (QED) is 0.695. The van der Waals surface area contributed by atoms with Crippen LogP contribution in [0.4, 0.5) is 0 Å². The summed E-state index contributed by atoms with van der Waals surface area (Å²) in [7, 11) is 0. The minimum absolute atomic E-state index is 0.0622. The van der Waals surface area contributed by atoms with Crippen molar-refractivity contribution in [1.82, 2.24) is 10.9 Å². The molecule has 0 aromatic carbocycles. The summed E-state index contributed by atoms with van der Waals surface area (Å²) in [6, 6.07) is 0. The van der Waals surface area contributed by atoms with Crippen LogP contribution in [0.15, 0.2) is 0 Å². The molecule has 2 amide bonds. The van der Waals surface area contributed by atoms with Crippen molar-refractivity contribution in [2.75, 3.05) is 0 Å². The Morgan fingerprint density at radius 1 is 0.957 bits per heavy atom. The second-order valence-electron chi connectivity index (χ2n) is 8.74. The summed E-state index contributed by atoms with van der Waals surface area (Å²) >= 11 is 0. The van der Waals surface area contributed by atoms with E-state index in [1.165, 1.54) is 38.5 Å². The first kappa shape index (κ1) is 15.4. The molecule has 3 N–H and O–H groups in total. The van der Waals surface area contributed by atoms with Crippen molar-refractivity contribution >= 4 is 11.8 Å². The normalized spacial score (nSPS) is 44.3. The molecule has 5 aliphatic rings. The number of aliphatic hydroxyl groups is 1. The van der Waals surface area contributed by atoms with Crippen molar-refractivity contribution in [1.29, 1.82) is 0 Å². The number of carbonyl (C=O) groups is 2. The molecule has 23 heavy (non-hydrogen) atoms. The van der Waals surface area contributed by atoms with Gasteiger partial charge in [0.2, 0.25) is 11.8 Å². The van der Waals surface area contributed by atoms with Crippen LogP contribution in [0.5, 0.6) is 0 Å². The van der Waals surface area contributed by atoms with Crippen molar-refractivity contribution < 1.29 is 14.7 Å². The van der Waals surface area contributed by atoms with Crippen molar-refractivity contribution in [2.45, 2.75) is 70.3 Å². The molecule has 0 radical (unpaired) electrons. The Hall–Kier alpha value is -1.10. The zero-order chi connectivity index (χ0) is 16.0. The lowest BCUT2D eigenvalue weighted by Crippen LogP contribution is -2.51. The molecule has 0 spiro atoms. The Balaban J connectivity index is 1.29. The lowest BCUT2D eigenvalue weighted by molar-refractivity contribution is -0.136. The second kappa shape index (κ2) is 5.76. The fourth-order valence-corrected chi connectivity index (χ4v) is 6.36. The predicted octanol–water partition coefficient (Wildman–Crippen LogP) is 1.90. The van der Waals surface area contributed by atoms with Gasteiger partial charge in [0.1, 0.15) is 0 Å². The number of aliphatic hydroxyl groups excluding tert-OH is 1. The molecule has 2 unspecified atom stereocenters. The molecule has 0 heterocycles. The molecule has 5 saturated carbocycles. The Labute approximate surface area is 137 Å². The number of nitrogens with one attached hydrogen (secondary N) is 2. The van der Waals surface area contributed by atoms with Crippen LogP contribution in [0.25, 0.3) is 0 Å². The molecule has 0 aliphatic heterocycles. The predicted molar refractivity (Wildman–Crippen MR) is 84.9 cm³/mol. The first-order valence-corrected chi connectivity index (χ1v) is 9.30. The Morgan fingerprint density at radius 3 is 2.09 bits per heavy atom. The molecular formula is C18H28N2O3. The van der Waals surface area contributed by atoms with Gasteiger partial charge in [-0.25, -0.2) is 0 Å². The van der Waals surface area contributed by atoms with E-state index in [-0.39, 0.29) is 23.1 Å². The van der Waals surface area contributed by atoms with Crippen molar-refractivity contribution in [3.05, 3.63) is 0 Å². The summed E-state index contributed by atoms with van der Waals surface area (Å²) < 4.78 is 0. The van der Waals surface area contributed by atoms with Gasteiger partial charge in [0, 0.05) is 6.42 Å². The lowest BCUT2D eigenvalue weighted by atomic mass is 9.49. The van der Waals surface area contributed by atoms with Gasteiger partial charge in [-0.1, -0.05) is 0 Å². The van der Waals surface area contributed by atoms with Crippen molar-refractivity contribution in [3.8, 4) is 0 Å². The van der Waals surface area contributed by atoms with Gasteiger partial charge in [0.15, 0.2) is 0 Å². The van der Waals surface area contributed by atoms with E-state index in [4.69, 9.17) is 0 Å². The highest BCUT2D eigenvalue weighted by Gasteiger charge is 2.51. The molecule has 128 valence electrons. The van der Waals surface area contributed by atoms with Gasteiger partial charge in [-0.3, -0.25) is 20.4 Å². The summed E-state index contributed by atoms with van der Waals surface area (Å²) in [6.07, 6.45) is 9.95. The highest BCUT2D eigenvalue weighted by molar-refractivity contribution is 5.84. The summed E-state index contributed by atoms with van der Waals surface area (Å²) in [5.41, 5.74) is 5.34. The van der Waals surface area contributed by atoms with Crippen LogP contribution in [-0.2, 0) is 9.59 Å². The van der Waals surface area contributed by atoms with E-state index in [0.717, 1.165) is 24.2 Å². The minimum Gasteiger partial charge on any atom is -0.392 e. The molecule has 5 fully saturated rings. The summed E-state index contributed by atoms with van der Waals surface area (Å²) in [4.78, 5) is 24.4. The average molecular weight is 320 g/mol. The number of rotatable bonds is 3. The first-order chi connectivity index (χ1) is 11.0. The van der Waals surface area contributed by atoms with E-state index in [1.54, 1.807) is 0 Å². The van der Waals surface area contributed by atoms with Gasteiger partial charge in [0.25, 0.3) is 0 Å². The maximum Gasteiger partial charge on any atom is 0.244 e. The Morgan fingerprint density at radius 2 is 1.57 bits per heavy atom. The average Bonchev–Trinajstić information content (AvgIpc) is 2.89. The fraction of sp³-hybridized carbons (Fsp3) is 0.889. The number of hydrogen-bond acceptors (Lipinski definition) is 3. The monoisotopic (exact) mass is 320 g/mol. The van der Waals surface area contributed by atoms with Gasteiger partial charge in [-0.05, 0) is 81.0 Å². The zero-order valence-corrected chi connectivity index (χ0v) is 13.7. The number of carbonyl (C=O) groups excluding carboxylic acids is 2. The van der Waals surface area contributed by atoms with Gasteiger partial charge in [0.05, 0.1) is 12.0 Å². The van der Waals surface area contributed by atoms with Crippen LogP contribution in [0.3, 0.4) is 0 Å². The van der Waals surface area contributed by atoms with E-state index in [1.807, 2.05) is 0 Å². The van der Waals surface area contributed by atoms with Crippen LogP contribution in [0.2, 0.25) is 0 Å². The molecule has 2 atom stereocenters. The molecule has 5 nitrogen and oxygen atoms in total. The van der Waals surface area contributed by atoms with Gasteiger partial charge in [-0.15, -0.1) is 0 Å². The highest BCUT2D eigenvalue weighted by atomic mass is 16.3. The second-order valence-corrected chi connectivity index (χ2v) is 8.74. The lowest BCUT2D eigenvalue weighted by Gasteiger charge is -2.56. The maximum atomic E-state index is 12.3. The molecule has 5 aliphatic carbocycles. The number of hydrogen-bond donors (Lipinski definition) is 3. The van der Waals surface area contributed by atoms with Crippen molar-refractivity contribution in [2.24, 2.45) is 29.1 Å². The molecular weight excluding hydrogens is 292 g/mol. The van der Waals surface area contributed by atoms with Crippen LogP contribution in [-0.4, -0.2) is 23.0 Å². The van der Waals surface area contributed by atoms with Crippen LogP contribution in [0, 0.1) is 29.1 Å². The number of hydrazine groups is 1. The summed E-state index contributed by atoms with van der Waals surface area (Å²) in [5, 5.41) is 9.76. The Bertz CT molecular complexity index is 469. The van der Waals surface area contributed by atoms with E-state index in [0.29, 0.717) is 19.3 Å². The first-order valence-electron chi connectivity index (χ1n) is 9.30. The molecule has 0 aromatic rings. The van der Waals surface area contributed by atoms with E-state index >= 15 is 0 Å². The van der Waals surface area contributed by atoms with Gasteiger partial charge >= 0.3 is 0 Å². The number of amides is 2. The smallest absolute Gasteiger partial charge is 0.244 e. The topological polar surface area (TPSA) is 78.4 Å². The van der Waals surface area contributed by atoms with Gasteiger partial charge in [-0.2, -0.15) is 0 Å². The SMILES string of the molecule is O=C(CC12CC3CC(CC(C3)C1)C2)NNC(=O)C1CCCC1O. The van der Waals surface area contributed by atoms with E-state index < -0.39 is 6.10 Å². The van der Waals surface area contributed by atoms with Gasteiger partial charge < -0.3 is 5.11 Å². The third-order valence-electron chi connectivity index (χ3n) is 6.84. The van der Waals surface area contributed by atoms with Crippen LogP contribution < -0.4 is 10.9 Å². The molecule has 5 rings (SSSR count). The van der Waals surface area contributed by atoms with Crippen LogP contribution in [0.1, 0.15) is 64.2 Å². The molecule has 0 aromatic heterocycles. The standard InChI is InChI=1S/C18H28N2O3/c21-15-3-1-2-14(15)17(23)20-19-16(22)10-18-7-11-4-12(8-18)6-13(5-11)9-18/h11-15,21H,1-10H2,(H,19,22)(H,20,23). The zero-order valence-electron chi connectivity index (χ0n) is 13.7. The van der Waals surface area contributed by atoms with Crippen LogP contribution >= 0.6 is 0 Å². The Kier molecular flexibility index (Phi) is 3.87. The largest absolute Gasteiger partial charge is 0.392 e. The summed E-state index contributed by atoms with van der Waals surface area (Å²) in [5.74, 6) is 1.82. The molecule has 5 heteroatoms. The van der Waals surface area contributed by atoms with Crippen molar-refractivity contribution in [3.63, 3.8) is 0 Å². The summed E-state index contributed by atoms with van der Waals surface area (Å²) in [6.45, 7) is 0. The molecule has 4 bridgehead atoms. The third-order valence-corrected chi connectivity index (χ3v) is 6.84. The highest BCUT2D eigenvalue weighted by Crippen LogP contribution is 2.61. The fourth-order valence-electron chi connectivity index (χ4n) is 6.36. The van der Waals surface area contributed by atoms with E-state index in [9.17, 15) is 14.7 Å². The third kappa shape index (κ3) is 3.00. The van der Waals surface area contributed by atoms with E-state index in [2.05, 4.69) is 10.9 Å². The minimum atomic E-state index is -0.560. The maximum absolute atomic E-state index is 12.3.